The summed E-state index contributed by atoms with van der Waals surface area (Å²) in [7, 11) is 0. The Morgan fingerprint density at radius 1 is 0.788 bits per heavy atom. The molecule has 33 heavy (non-hydrogen) atoms. The molecule has 0 amide bonds. The second-order valence-electron chi connectivity index (χ2n) is 9.57. The molecule has 3 N–H and O–H groups in total. The van der Waals surface area contributed by atoms with Crippen molar-refractivity contribution in [1.29, 1.82) is 0 Å². The first-order valence-electron chi connectivity index (χ1n) is 11.6. The first-order valence-corrected chi connectivity index (χ1v) is 11.6. The first-order chi connectivity index (χ1) is 15.3. The molecule has 0 aliphatic heterocycles. The minimum Gasteiger partial charge on any atom is -0.481 e. The summed E-state index contributed by atoms with van der Waals surface area (Å²) in [5.74, 6) is -1.69. The van der Waals surface area contributed by atoms with Crippen LogP contribution in [0.25, 0.3) is 0 Å². The Balaban J connectivity index is 0.000000520. The van der Waals surface area contributed by atoms with Gasteiger partial charge in [-0.05, 0) is 49.7 Å². The maximum Gasteiger partial charge on any atom is 0.307 e. The summed E-state index contributed by atoms with van der Waals surface area (Å²) in [4.78, 5) is 20.8. The van der Waals surface area contributed by atoms with Crippen molar-refractivity contribution >= 4 is 11.9 Å². The number of carboxylic acid groups (broad SMARTS) is 2. The van der Waals surface area contributed by atoms with Crippen LogP contribution in [0.2, 0.25) is 0 Å². The lowest BCUT2D eigenvalue weighted by atomic mass is 9.73. The van der Waals surface area contributed by atoms with E-state index < -0.39 is 17.5 Å². The van der Waals surface area contributed by atoms with Crippen LogP contribution in [0.5, 0.6) is 0 Å². The lowest BCUT2D eigenvalue weighted by Gasteiger charge is -2.31. The Labute approximate surface area is 199 Å². The van der Waals surface area contributed by atoms with E-state index in [0.29, 0.717) is 19.3 Å². The Morgan fingerprint density at radius 3 is 1.48 bits per heavy atom. The number of benzene rings is 2. The van der Waals surface area contributed by atoms with E-state index in [-0.39, 0.29) is 11.3 Å². The van der Waals surface area contributed by atoms with E-state index in [9.17, 15) is 19.8 Å². The third kappa shape index (κ3) is 14.9. The zero-order valence-electron chi connectivity index (χ0n) is 21.0. The van der Waals surface area contributed by atoms with E-state index in [1.54, 1.807) is 0 Å². The Bertz CT molecular complexity index is 792. The van der Waals surface area contributed by atoms with Gasteiger partial charge in [0.05, 0.1) is 11.5 Å². The molecule has 1 unspecified atom stereocenters. The van der Waals surface area contributed by atoms with Crippen molar-refractivity contribution in [3.05, 3.63) is 71.8 Å². The number of aliphatic hydroxyl groups is 1. The monoisotopic (exact) mass is 458 g/mol. The average molecular weight is 459 g/mol. The number of rotatable bonds is 9. The second kappa shape index (κ2) is 15.2. The molecule has 1 atom stereocenters. The lowest BCUT2D eigenvalue weighted by Crippen LogP contribution is -2.32. The summed E-state index contributed by atoms with van der Waals surface area (Å²) >= 11 is 0. The Morgan fingerprint density at radius 2 is 1.21 bits per heavy atom. The molecule has 0 saturated heterocycles. The summed E-state index contributed by atoms with van der Waals surface area (Å²) < 4.78 is 0. The molecule has 2 aromatic rings. The third-order valence-electron chi connectivity index (χ3n) is 5.10. The predicted molar refractivity (Wildman–Crippen MR) is 134 cm³/mol. The highest BCUT2D eigenvalue weighted by molar-refractivity contribution is 5.71. The minimum atomic E-state index is -0.711. The van der Waals surface area contributed by atoms with Gasteiger partial charge in [0.25, 0.3) is 0 Å². The number of carboxylic acids is 2. The van der Waals surface area contributed by atoms with Crippen LogP contribution in [0.3, 0.4) is 0 Å². The average Bonchev–Trinajstić information content (AvgIpc) is 2.68. The maximum atomic E-state index is 11.2. The minimum absolute atomic E-state index is 0.206. The highest BCUT2D eigenvalue weighted by atomic mass is 16.4. The van der Waals surface area contributed by atoms with Crippen LogP contribution in [0, 0.1) is 11.3 Å². The van der Waals surface area contributed by atoms with Gasteiger partial charge in [-0.1, -0.05) is 88.4 Å². The van der Waals surface area contributed by atoms with E-state index in [2.05, 4.69) is 12.1 Å². The normalized spacial score (nSPS) is 11.8. The van der Waals surface area contributed by atoms with Crippen LogP contribution in [0.15, 0.2) is 60.7 Å². The molecule has 0 aliphatic carbocycles. The number of hydrogen-bond donors (Lipinski definition) is 3. The SMILES string of the molecule is CC(C)(O)Cc1ccccc1.CCC(C(=O)O)C(C)(C)Cc1ccccc1.CCCC(=O)O. The highest BCUT2D eigenvalue weighted by Crippen LogP contribution is 2.33. The molecule has 0 bridgehead atoms. The van der Waals surface area contributed by atoms with Gasteiger partial charge < -0.3 is 15.3 Å². The van der Waals surface area contributed by atoms with Gasteiger partial charge in [-0.25, -0.2) is 0 Å². The van der Waals surface area contributed by atoms with Gasteiger partial charge in [0.1, 0.15) is 0 Å². The second-order valence-corrected chi connectivity index (χ2v) is 9.57. The van der Waals surface area contributed by atoms with Crippen molar-refractivity contribution in [1.82, 2.24) is 0 Å². The smallest absolute Gasteiger partial charge is 0.307 e. The van der Waals surface area contributed by atoms with Crippen molar-refractivity contribution in [3.63, 3.8) is 0 Å². The van der Waals surface area contributed by atoms with E-state index in [4.69, 9.17) is 5.11 Å². The first kappa shape index (κ1) is 30.3. The molecule has 0 saturated carbocycles. The van der Waals surface area contributed by atoms with Crippen molar-refractivity contribution in [2.75, 3.05) is 0 Å². The van der Waals surface area contributed by atoms with Crippen molar-refractivity contribution in [3.8, 4) is 0 Å². The van der Waals surface area contributed by atoms with Crippen LogP contribution in [0.4, 0.5) is 0 Å². The van der Waals surface area contributed by atoms with Crippen LogP contribution in [-0.2, 0) is 22.4 Å². The molecule has 0 aromatic heterocycles. The number of carbonyl (C=O) groups is 2. The molecular weight excluding hydrogens is 416 g/mol. The fraction of sp³-hybridized carbons (Fsp3) is 0.500. The standard InChI is InChI=1S/C14H20O2.C10H14O.C4H8O2/c1-4-12(13(15)16)14(2,3)10-11-8-6-5-7-9-11;1-10(2,11)8-9-6-4-3-5-7-9;1-2-3-4(5)6/h5-9,12H,4,10H2,1-3H3,(H,15,16);3-7,11H,8H2,1-2H3;2-3H2,1H3,(H,5,6). The molecule has 0 spiro atoms. The maximum absolute atomic E-state index is 11.2. The Kier molecular flexibility index (Phi) is 14.0. The summed E-state index contributed by atoms with van der Waals surface area (Å²) in [5.41, 5.74) is 1.58. The fourth-order valence-corrected chi connectivity index (χ4v) is 3.62. The van der Waals surface area contributed by atoms with Crippen molar-refractivity contribution in [2.24, 2.45) is 11.3 Å². The zero-order valence-corrected chi connectivity index (χ0v) is 21.0. The van der Waals surface area contributed by atoms with Crippen LogP contribution >= 0.6 is 0 Å². The largest absolute Gasteiger partial charge is 0.481 e. The van der Waals surface area contributed by atoms with Crippen molar-refractivity contribution < 1.29 is 24.9 Å². The molecule has 0 aliphatic rings. The highest BCUT2D eigenvalue weighted by Gasteiger charge is 2.33. The summed E-state index contributed by atoms with van der Waals surface area (Å²) in [5, 5.41) is 26.6. The van der Waals surface area contributed by atoms with Gasteiger partial charge in [0.2, 0.25) is 0 Å². The summed E-state index contributed by atoms with van der Waals surface area (Å²) in [6.45, 7) is 11.5. The molecule has 0 radical (unpaired) electrons. The third-order valence-corrected chi connectivity index (χ3v) is 5.10. The van der Waals surface area contributed by atoms with Gasteiger partial charge in [-0.15, -0.1) is 0 Å². The Hall–Kier alpha value is -2.66. The number of hydrogen-bond acceptors (Lipinski definition) is 3. The fourth-order valence-electron chi connectivity index (χ4n) is 3.62. The van der Waals surface area contributed by atoms with Crippen LogP contribution in [0.1, 0.15) is 71.9 Å². The summed E-state index contributed by atoms with van der Waals surface area (Å²) in [6, 6.07) is 20.1. The van der Waals surface area contributed by atoms with Gasteiger partial charge in [-0.3, -0.25) is 9.59 Å². The number of aliphatic carboxylic acids is 2. The van der Waals surface area contributed by atoms with Crippen molar-refractivity contribution in [2.45, 2.75) is 79.2 Å². The van der Waals surface area contributed by atoms with Gasteiger partial charge in [-0.2, -0.15) is 0 Å². The van der Waals surface area contributed by atoms with E-state index in [1.807, 2.05) is 90.1 Å². The van der Waals surface area contributed by atoms with E-state index in [1.165, 1.54) is 11.1 Å². The molecule has 2 rings (SSSR count). The van der Waals surface area contributed by atoms with E-state index >= 15 is 0 Å². The summed E-state index contributed by atoms with van der Waals surface area (Å²) in [6.07, 6.45) is 3.22. The van der Waals surface area contributed by atoms with Gasteiger partial charge in [0.15, 0.2) is 0 Å². The van der Waals surface area contributed by atoms with E-state index in [0.717, 1.165) is 12.8 Å². The van der Waals surface area contributed by atoms with Gasteiger partial charge >= 0.3 is 11.9 Å². The molecule has 5 nitrogen and oxygen atoms in total. The molecule has 2 aromatic carbocycles. The van der Waals surface area contributed by atoms with Gasteiger partial charge in [0, 0.05) is 12.8 Å². The molecule has 0 fully saturated rings. The topological polar surface area (TPSA) is 94.8 Å². The van der Waals surface area contributed by atoms with Crippen LogP contribution < -0.4 is 0 Å². The van der Waals surface area contributed by atoms with Crippen LogP contribution in [-0.4, -0.2) is 32.9 Å². The molecular formula is C28H42O5. The molecule has 184 valence electrons. The zero-order chi connectivity index (χ0) is 25.5. The quantitative estimate of drug-likeness (QED) is 0.413. The molecule has 5 heteroatoms. The molecule has 0 heterocycles. The lowest BCUT2D eigenvalue weighted by molar-refractivity contribution is -0.146. The predicted octanol–water partition coefficient (Wildman–Crippen LogP) is 6.24.